The van der Waals surface area contributed by atoms with Crippen molar-refractivity contribution in [3.05, 3.63) is 85.1 Å². The van der Waals surface area contributed by atoms with E-state index in [0.717, 1.165) is 38.5 Å². The van der Waals surface area contributed by atoms with Crippen LogP contribution in [0.5, 0.6) is 0 Å². The first kappa shape index (κ1) is 20.2. The number of allylic oxidation sites excluding steroid dienone is 14. The van der Waals surface area contributed by atoms with Gasteiger partial charge in [0.15, 0.2) is 0 Å². The van der Waals surface area contributed by atoms with Gasteiger partial charge in [0, 0.05) is 0 Å². The van der Waals surface area contributed by atoms with Crippen molar-refractivity contribution in [2.45, 2.75) is 52.4 Å². The minimum absolute atomic E-state index is 1.01. The smallest absolute Gasteiger partial charge is 0.0166 e. The van der Waals surface area contributed by atoms with E-state index in [1.165, 1.54) is 0 Å². The van der Waals surface area contributed by atoms with Gasteiger partial charge in [-0.3, -0.25) is 0 Å². The molecule has 0 unspecified atom stereocenters. The molecule has 0 aliphatic carbocycles. The van der Waals surface area contributed by atoms with Gasteiger partial charge in [-0.15, -0.1) is 0 Å². The summed E-state index contributed by atoms with van der Waals surface area (Å²) in [5.41, 5.74) is 0. The average molecular weight is 296 g/mol. The van der Waals surface area contributed by atoms with E-state index in [2.05, 4.69) is 92.0 Å². The van der Waals surface area contributed by atoms with Crippen LogP contribution in [-0.4, -0.2) is 0 Å². The highest BCUT2D eigenvalue weighted by molar-refractivity contribution is 5.07. The zero-order chi connectivity index (χ0) is 16.1. The van der Waals surface area contributed by atoms with Crippen molar-refractivity contribution >= 4 is 0 Å². The maximum Gasteiger partial charge on any atom is -0.0166 e. The van der Waals surface area contributed by atoms with Gasteiger partial charge >= 0.3 is 0 Å². The van der Waals surface area contributed by atoms with E-state index in [9.17, 15) is 0 Å². The molecular formula is C22H32. The standard InChI is InChI=1S/C22H32/c1-3-5-7-9-11-13-15-17-19-21-22-20-18-16-14-12-10-8-6-4-2/h3,5-6,8-9,11-12,14-15,17-21H,4,7,10,13,16,22H2,1-2H3/b5-3+,8-6+,11-9+,14-12+,17-15+,20-18+,21-19+. The van der Waals surface area contributed by atoms with Crippen molar-refractivity contribution in [2.24, 2.45) is 0 Å². The van der Waals surface area contributed by atoms with Crippen LogP contribution in [0.2, 0.25) is 0 Å². The van der Waals surface area contributed by atoms with E-state index < -0.39 is 0 Å². The van der Waals surface area contributed by atoms with Crippen molar-refractivity contribution in [1.29, 1.82) is 0 Å². The lowest BCUT2D eigenvalue weighted by molar-refractivity contribution is 1.19. The van der Waals surface area contributed by atoms with Crippen LogP contribution < -0.4 is 0 Å². The minimum Gasteiger partial charge on any atom is -0.0914 e. The molecule has 0 bridgehead atoms. The Morgan fingerprint density at radius 2 is 0.818 bits per heavy atom. The first-order chi connectivity index (χ1) is 10.9. The van der Waals surface area contributed by atoms with Gasteiger partial charge in [-0.2, -0.15) is 0 Å². The van der Waals surface area contributed by atoms with Crippen LogP contribution in [0.1, 0.15) is 52.4 Å². The fraction of sp³-hybridized carbons (Fsp3) is 0.364. The predicted octanol–water partition coefficient (Wildman–Crippen LogP) is 7.26. The molecule has 0 N–H and O–H groups in total. The maximum absolute atomic E-state index is 2.22. The minimum atomic E-state index is 1.01. The van der Waals surface area contributed by atoms with Crippen molar-refractivity contribution in [1.82, 2.24) is 0 Å². The van der Waals surface area contributed by atoms with Crippen molar-refractivity contribution in [3.63, 3.8) is 0 Å². The van der Waals surface area contributed by atoms with Crippen LogP contribution in [0, 0.1) is 0 Å². The van der Waals surface area contributed by atoms with Gasteiger partial charge < -0.3 is 0 Å². The van der Waals surface area contributed by atoms with Gasteiger partial charge in [0.2, 0.25) is 0 Å². The van der Waals surface area contributed by atoms with Crippen LogP contribution in [0.3, 0.4) is 0 Å². The van der Waals surface area contributed by atoms with Gasteiger partial charge in [-0.05, 0) is 45.4 Å². The zero-order valence-corrected chi connectivity index (χ0v) is 14.3. The third-order valence-electron chi connectivity index (χ3n) is 2.88. The van der Waals surface area contributed by atoms with Crippen LogP contribution in [-0.2, 0) is 0 Å². The molecule has 0 spiro atoms. The van der Waals surface area contributed by atoms with Gasteiger partial charge in [0.1, 0.15) is 0 Å². The van der Waals surface area contributed by atoms with E-state index in [0.29, 0.717) is 0 Å². The summed E-state index contributed by atoms with van der Waals surface area (Å²) in [6.45, 7) is 4.21. The molecule has 0 saturated heterocycles. The fourth-order valence-corrected chi connectivity index (χ4v) is 1.68. The third-order valence-corrected chi connectivity index (χ3v) is 2.88. The predicted molar refractivity (Wildman–Crippen MR) is 103 cm³/mol. The molecule has 0 aliphatic rings. The zero-order valence-electron chi connectivity index (χ0n) is 14.3. The monoisotopic (exact) mass is 296 g/mol. The van der Waals surface area contributed by atoms with E-state index in [1.807, 2.05) is 6.92 Å². The molecule has 0 radical (unpaired) electrons. The van der Waals surface area contributed by atoms with E-state index in [4.69, 9.17) is 0 Å². The van der Waals surface area contributed by atoms with Gasteiger partial charge in [0.05, 0.1) is 0 Å². The summed E-state index contributed by atoms with van der Waals surface area (Å²) in [4.78, 5) is 0. The van der Waals surface area contributed by atoms with Crippen molar-refractivity contribution in [2.75, 3.05) is 0 Å². The third kappa shape index (κ3) is 18.2. The molecule has 0 saturated carbocycles. The molecule has 0 fully saturated rings. The molecule has 0 heteroatoms. The SMILES string of the molecule is C/C=C/C/C=C/C/C=C/C=C/C/C=C/C/C=C/C/C=C/CC. The fourth-order valence-electron chi connectivity index (χ4n) is 1.68. The Labute approximate surface area is 138 Å². The lowest BCUT2D eigenvalue weighted by Gasteiger charge is -1.84. The highest BCUT2D eigenvalue weighted by Crippen LogP contribution is 1.95. The second-order valence-corrected chi connectivity index (χ2v) is 4.90. The first-order valence-electron chi connectivity index (χ1n) is 8.44. The maximum atomic E-state index is 2.22. The second kappa shape index (κ2) is 19.2. The summed E-state index contributed by atoms with van der Waals surface area (Å²) >= 11 is 0. The molecular weight excluding hydrogens is 264 g/mol. The summed E-state index contributed by atoms with van der Waals surface area (Å²) in [5, 5.41) is 0. The molecule has 0 heterocycles. The summed E-state index contributed by atoms with van der Waals surface area (Å²) in [6, 6.07) is 0. The molecule has 22 heavy (non-hydrogen) atoms. The van der Waals surface area contributed by atoms with Gasteiger partial charge in [-0.1, -0.05) is 92.0 Å². The summed E-state index contributed by atoms with van der Waals surface area (Å²) in [6.07, 6.45) is 36.8. The lowest BCUT2D eigenvalue weighted by atomic mass is 10.2. The Balaban J connectivity index is 3.54. The van der Waals surface area contributed by atoms with Crippen LogP contribution >= 0.6 is 0 Å². The van der Waals surface area contributed by atoms with Crippen LogP contribution in [0.4, 0.5) is 0 Å². The number of hydrogen-bond donors (Lipinski definition) is 0. The van der Waals surface area contributed by atoms with Crippen LogP contribution in [0.25, 0.3) is 0 Å². The Kier molecular flexibility index (Phi) is 17.6. The molecule has 0 amide bonds. The molecule has 0 nitrogen and oxygen atoms in total. The van der Waals surface area contributed by atoms with Crippen LogP contribution in [0.15, 0.2) is 85.1 Å². The Hall–Kier alpha value is -1.82. The molecule has 0 aromatic carbocycles. The Bertz CT molecular complexity index is 411. The van der Waals surface area contributed by atoms with E-state index in [1.54, 1.807) is 0 Å². The summed E-state index contributed by atoms with van der Waals surface area (Å²) < 4.78 is 0. The molecule has 0 aliphatic heterocycles. The van der Waals surface area contributed by atoms with E-state index in [-0.39, 0.29) is 0 Å². The molecule has 120 valence electrons. The topological polar surface area (TPSA) is 0 Å². The molecule has 0 rings (SSSR count). The van der Waals surface area contributed by atoms with Gasteiger partial charge in [0.25, 0.3) is 0 Å². The van der Waals surface area contributed by atoms with Crippen molar-refractivity contribution < 1.29 is 0 Å². The lowest BCUT2D eigenvalue weighted by Crippen LogP contribution is -1.63. The first-order valence-corrected chi connectivity index (χ1v) is 8.44. The number of rotatable bonds is 12. The van der Waals surface area contributed by atoms with Gasteiger partial charge in [-0.25, -0.2) is 0 Å². The molecule has 0 atom stereocenters. The highest BCUT2D eigenvalue weighted by Gasteiger charge is 1.74. The Morgan fingerprint density at radius 3 is 1.23 bits per heavy atom. The average Bonchev–Trinajstić information content (AvgIpc) is 2.54. The summed E-state index contributed by atoms with van der Waals surface area (Å²) in [5.74, 6) is 0. The highest BCUT2D eigenvalue weighted by atomic mass is 13.8. The second-order valence-electron chi connectivity index (χ2n) is 4.90. The van der Waals surface area contributed by atoms with Crippen molar-refractivity contribution in [3.8, 4) is 0 Å². The quantitative estimate of drug-likeness (QED) is 0.262. The Morgan fingerprint density at radius 1 is 0.455 bits per heavy atom. The largest absolute Gasteiger partial charge is 0.0914 e. The molecule has 0 aromatic rings. The summed E-state index contributed by atoms with van der Waals surface area (Å²) in [7, 11) is 0. The van der Waals surface area contributed by atoms with E-state index >= 15 is 0 Å². The molecule has 0 aromatic heterocycles. The number of hydrogen-bond acceptors (Lipinski definition) is 0. The normalized spacial score (nSPS) is 13.7.